The van der Waals surface area contributed by atoms with Crippen LogP contribution in [0.25, 0.3) is 0 Å². The van der Waals surface area contributed by atoms with E-state index >= 15 is 0 Å². The van der Waals surface area contributed by atoms with E-state index in [-0.39, 0.29) is 5.91 Å². The zero-order valence-corrected chi connectivity index (χ0v) is 12.7. The topological polar surface area (TPSA) is 62.2 Å². The van der Waals surface area contributed by atoms with Crippen LogP contribution >= 0.6 is 0 Å². The first-order valence-electron chi connectivity index (χ1n) is 6.54. The van der Waals surface area contributed by atoms with Crippen LogP contribution < -0.4 is 15.5 Å². The Morgan fingerprint density at radius 1 is 1.47 bits per heavy atom. The third-order valence-electron chi connectivity index (χ3n) is 3.02. The highest BCUT2D eigenvalue weighted by molar-refractivity contribution is 5.80. The van der Waals surface area contributed by atoms with E-state index in [1.165, 1.54) is 0 Å². The second kappa shape index (κ2) is 6.56. The molecule has 0 aliphatic carbocycles. The normalized spacial score (nSPS) is 10.9. The van der Waals surface area contributed by atoms with Gasteiger partial charge < -0.3 is 15.5 Å². The Morgan fingerprint density at radius 2 is 2.11 bits per heavy atom. The maximum Gasteiger partial charge on any atom is 0.239 e. The van der Waals surface area contributed by atoms with Crippen molar-refractivity contribution >= 4 is 11.7 Å². The van der Waals surface area contributed by atoms with Gasteiger partial charge in [-0.3, -0.25) is 9.48 Å². The molecule has 1 aromatic heterocycles. The highest BCUT2D eigenvalue weighted by Crippen LogP contribution is 2.22. The van der Waals surface area contributed by atoms with Crippen molar-refractivity contribution in [3.8, 4) is 0 Å². The Bertz CT molecular complexity index is 438. The number of rotatable bonds is 6. The number of hydrogen-bond acceptors (Lipinski definition) is 4. The summed E-state index contributed by atoms with van der Waals surface area (Å²) in [6.07, 6.45) is 0. The van der Waals surface area contributed by atoms with Gasteiger partial charge in [0.25, 0.3) is 0 Å². The third kappa shape index (κ3) is 3.96. The zero-order valence-electron chi connectivity index (χ0n) is 12.7. The average Bonchev–Trinajstić information content (AvgIpc) is 2.60. The average molecular weight is 267 g/mol. The molecule has 0 atom stereocenters. The minimum atomic E-state index is -0.0101. The highest BCUT2D eigenvalue weighted by atomic mass is 16.1. The van der Waals surface area contributed by atoms with Gasteiger partial charge in [0, 0.05) is 39.3 Å². The fourth-order valence-electron chi connectivity index (χ4n) is 2.05. The fraction of sp³-hybridized carbons (Fsp3) is 0.692. The fourth-order valence-corrected chi connectivity index (χ4v) is 2.05. The molecule has 0 fully saturated rings. The van der Waals surface area contributed by atoms with E-state index < -0.39 is 0 Å². The number of aromatic nitrogens is 2. The first-order valence-corrected chi connectivity index (χ1v) is 6.54. The van der Waals surface area contributed by atoms with Crippen LogP contribution in [-0.4, -0.2) is 42.4 Å². The number of anilines is 1. The minimum Gasteiger partial charge on any atom is -0.358 e. The monoisotopic (exact) mass is 267 g/mol. The Labute approximate surface area is 115 Å². The van der Waals surface area contributed by atoms with Crippen LogP contribution in [0.2, 0.25) is 0 Å². The molecule has 1 aromatic rings. The van der Waals surface area contributed by atoms with Crippen LogP contribution in [0.4, 0.5) is 5.82 Å². The van der Waals surface area contributed by atoms with Crippen LogP contribution in [0, 0.1) is 6.92 Å². The molecule has 1 amide bonds. The second-order valence-electron chi connectivity index (χ2n) is 5.08. The van der Waals surface area contributed by atoms with Crippen molar-refractivity contribution in [2.75, 3.05) is 25.5 Å². The number of likely N-dealkylation sites (N-methyl/N-ethyl adjacent to an activating group) is 2. The van der Waals surface area contributed by atoms with Crippen molar-refractivity contribution in [1.29, 1.82) is 0 Å². The second-order valence-corrected chi connectivity index (χ2v) is 5.08. The van der Waals surface area contributed by atoms with E-state index in [0.717, 1.165) is 23.6 Å². The Kier molecular flexibility index (Phi) is 5.35. The zero-order chi connectivity index (χ0) is 14.6. The maximum absolute atomic E-state index is 11.5. The van der Waals surface area contributed by atoms with Crippen LogP contribution in [0.5, 0.6) is 0 Å². The van der Waals surface area contributed by atoms with Crippen LogP contribution in [0.3, 0.4) is 0 Å². The molecule has 0 bridgehead atoms. The molecule has 1 heterocycles. The summed E-state index contributed by atoms with van der Waals surface area (Å²) in [5.74, 6) is 0.971. The molecule has 0 saturated carbocycles. The molecular weight excluding hydrogens is 242 g/mol. The number of aryl methyl sites for hydroxylation is 2. The van der Waals surface area contributed by atoms with Gasteiger partial charge in [0.2, 0.25) is 5.91 Å². The van der Waals surface area contributed by atoms with Crippen molar-refractivity contribution in [2.24, 2.45) is 7.05 Å². The summed E-state index contributed by atoms with van der Waals surface area (Å²) in [5, 5.41) is 10.5. The predicted molar refractivity (Wildman–Crippen MR) is 77.3 cm³/mol. The number of nitrogens with one attached hydrogen (secondary N) is 2. The van der Waals surface area contributed by atoms with Crippen LogP contribution in [-0.2, 0) is 18.4 Å². The summed E-state index contributed by atoms with van der Waals surface area (Å²) < 4.78 is 1.83. The van der Waals surface area contributed by atoms with E-state index in [1.807, 2.05) is 30.6 Å². The molecule has 0 saturated heterocycles. The SMILES string of the molecule is CNC(=O)CN(C)c1c(CNC(C)C)c(C)nn1C. The molecule has 2 N–H and O–H groups in total. The molecule has 6 heteroatoms. The molecule has 0 spiro atoms. The lowest BCUT2D eigenvalue weighted by molar-refractivity contribution is -0.119. The summed E-state index contributed by atoms with van der Waals surface area (Å²) in [6, 6.07) is 0.414. The summed E-state index contributed by atoms with van der Waals surface area (Å²) in [6.45, 7) is 7.29. The quantitative estimate of drug-likeness (QED) is 0.783. The van der Waals surface area contributed by atoms with Gasteiger partial charge in [-0.25, -0.2) is 0 Å². The van der Waals surface area contributed by atoms with Gasteiger partial charge in [-0.2, -0.15) is 5.10 Å². The lowest BCUT2D eigenvalue weighted by atomic mass is 10.2. The molecule has 6 nitrogen and oxygen atoms in total. The van der Waals surface area contributed by atoms with E-state index in [2.05, 4.69) is 29.6 Å². The van der Waals surface area contributed by atoms with Gasteiger partial charge >= 0.3 is 0 Å². The molecule has 0 unspecified atom stereocenters. The van der Waals surface area contributed by atoms with Crippen molar-refractivity contribution in [3.05, 3.63) is 11.3 Å². The molecule has 0 radical (unpaired) electrons. The lowest BCUT2D eigenvalue weighted by Crippen LogP contribution is -2.34. The first kappa shape index (κ1) is 15.5. The Morgan fingerprint density at radius 3 is 2.63 bits per heavy atom. The number of carbonyl (C=O) groups excluding carboxylic acids is 1. The summed E-state index contributed by atoms with van der Waals surface area (Å²) >= 11 is 0. The third-order valence-corrected chi connectivity index (χ3v) is 3.02. The molecule has 0 aromatic carbocycles. The van der Waals surface area contributed by atoms with Gasteiger partial charge in [0.1, 0.15) is 5.82 Å². The Balaban J connectivity index is 2.94. The minimum absolute atomic E-state index is 0.0101. The van der Waals surface area contributed by atoms with E-state index in [1.54, 1.807) is 7.05 Å². The number of amides is 1. The van der Waals surface area contributed by atoms with Gasteiger partial charge in [-0.05, 0) is 6.92 Å². The molecular formula is C13H25N5O. The van der Waals surface area contributed by atoms with E-state index in [0.29, 0.717) is 12.6 Å². The molecule has 108 valence electrons. The van der Waals surface area contributed by atoms with Crippen LogP contribution in [0.1, 0.15) is 25.1 Å². The predicted octanol–water partition coefficient (Wildman–Crippen LogP) is 0.409. The summed E-state index contributed by atoms with van der Waals surface area (Å²) in [4.78, 5) is 13.4. The summed E-state index contributed by atoms with van der Waals surface area (Å²) in [5.41, 5.74) is 2.14. The molecule has 19 heavy (non-hydrogen) atoms. The van der Waals surface area contributed by atoms with Crippen molar-refractivity contribution in [1.82, 2.24) is 20.4 Å². The van der Waals surface area contributed by atoms with Crippen LogP contribution in [0.15, 0.2) is 0 Å². The number of carbonyl (C=O) groups is 1. The van der Waals surface area contributed by atoms with Gasteiger partial charge in [-0.15, -0.1) is 0 Å². The van der Waals surface area contributed by atoms with Gasteiger partial charge in [-0.1, -0.05) is 13.8 Å². The van der Waals surface area contributed by atoms with Gasteiger partial charge in [0.15, 0.2) is 0 Å². The molecule has 0 aliphatic rings. The molecule has 0 aliphatic heterocycles. The summed E-state index contributed by atoms with van der Waals surface area (Å²) in [7, 11) is 5.46. The van der Waals surface area contributed by atoms with Crippen molar-refractivity contribution < 1.29 is 4.79 Å². The van der Waals surface area contributed by atoms with Crippen molar-refractivity contribution in [3.63, 3.8) is 0 Å². The number of hydrogen-bond donors (Lipinski definition) is 2. The highest BCUT2D eigenvalue weighted by Gasteiger charge is 2.18. The van der Waals surface area contributed by atoms with E-state index in [9.17, 15) is 4.79 Å². The Hall–Kier alpha value is -1.56. The standard InChI is InChI=1S/C13H25N5O/c1-9(2)15-7-11-10(3)16-18(6)13(11)17(5)8-12(19)14-4/h9,15H,7-8H2,1-6H3,(H,14,19). The van der Waals surface area contributed by atoms with Gasteiger partial charge in [0.05, 0.1) is 12.2 Å². The largest absolute Gasteiger partial charge is 0.358 e. The number of nitrogens with zero attached hydrogens (tertiary/aromatic N) is 3. The van der Waals surface area contributed by atoms with Crippen molar-refractivity contribution in [2.45, 2.75) is 33.4 Å². The smallest absolute Gasteiger partial charge is 0.239 e. The first-order chi connectivity index (χ1) is 8.86. The van der Waals surface area contributed by atoms with E-state index in [4.69, 9.17) is 0 Å². The maximum atomic E-state index is 11.5. The lowest BCUT2D eigenvalue weighted by Gasteiger charge is -2.20. The molecule has 1 rings (SSSR count).